The van der Waals surface area contributed by atoms with Crippen molar-refractivity contribution in [2.45, 2.75) is 18.7 Å². The first-order valence-electron chi connectivity index (χ1n) is 8.28. The van der Waals surface area contributed by atoms with Gasteiger partial charge < -0.3 is 5.32 Å². The maximum atomic E-state index is 12.5. The topological polar surface area (TPSA) is 88.2 Å². The number of hydrogen-bond donors (Lipinski definition) is 2. The number of aryl methyl sites for hydroxylation is 2. The van der Waals surface area contributed by atoms with Crippen LogP contribution in [0.5, 0.6) is 0 Å². The minimum atomic E-state index is -3.74. The zero-order valence-electron chi connectivity index (χ0n) is 14.9. The van der Waals surface area contributed by atoms with Crippen molar-refractivity contribution >= 4 is 27.4 Å². The molecule has 7 heteroatoms. The first-order valence-corrected chi connectivity index (χ1v) is 9.76. The molecule has 1 heterocycles. The Bertz CT molecular complexity index is 1080. The number of sulfonamides is 1. The van der Waals surface area contributed by atoms with Gasteiger partial charge in [-0.15, -0.1) is 0 Å². The zero-order valence-corrected chi connectivity index (χ0v) is 15.7. The molecule has 2 aromatic carbocycles. The SMILES string of the molecule is Cc1ccccc1NS(=O)(=O)c1ccc(C(=O)Nc2ncccc2C)cc1. The van der Waals surface area contributed by atoms with Crippen LogP contribution in [0.2, 0.25) is 0 Å². The normalized spacial score (nSPS) is 11.0. The number of amides is 1. The number of pyridine rings is 1. The standard InChI is InChI=1S/C20H19N3O3S/c1-14-6-3-4-8-18(14)23-27(25,26)17-11-9-16(10-12-17)20(24)22-19-15(2)7-5-13-21-19/h3-13,23H,1-2H3,(H,21,22,24). The number of nitrogens with one attached hydrogen (secondary N) is 2. The van der Waals surface area contributed by atoms with Gasteiger partial charge in [-0.05, 0) is 61.4 Å². The van der Waals surface area contributed by atoms with Crippen LogP contribution in [-0.2, 0) is 10.0 Å². The third kappa shape index (κ3) is 4.32. The molecule has 0 saturated carbocycles. The Morgan fingerprint density at radius 3 is 2.22 bits per heavy atom. The molecule has 0 radical (unpaired) electrons. The predicted octanol–water partition coefficient (Wildman–Crippen LogP) is 3.75. The summed E-state index contributed by atoms with van der Waals surface area (Å²) in [6.07, 6.45) is 1.59. The maximum absolute atomic E-state index is 12.5. The van der Waals surface area contributed by atoms with E-state index >= 15 is 0 Å². The lowest BCUT2D eigenvalue weighted by atomic mass is 10.2. The minimum Gasteiger partial charge on any atom is -0.306 e. The molecule has 6 nitrogen and oxygen atoms in total. The van der Waals surface area contributed by atoms with Crippen LogP contribution in [0.4, 0.5) is 11.5 Å². The number of nitrogens with zero attached hydrogens (tertiary/aromatic N) is 1. The molecule has 0 atom stereocenters. The van der Waals surface area contributed by atoms with Crippen molar-refractivity contribution in [3.8, 4) is 0 Å². The van der Waals surface area contributed by atoms with Gasteiger partial charge in [-0.2, -0.15) is 0 Å². The predicted molar refractivity (Wildman–Crippen MR) is 105 cm³/mol. The molecular formula is C20H19N3O3S. The molecule has 1 aromatic heterocycles. The van der Waals surface area contributed by atoms with E-state index in [-0.39, 0.29) is 10.8 Å². The summed E-state index contributed by atoms with van der Waals surface area (Å²) in [5, 5.41) is 2.72. The van der Waals surface area contributed by atoms with Gasteiger partial charge in [0.2, 0.25) is 0 Å². The largest absolute Gasteiger partial charge is 0.306 e. The molecule has 0 unspecified atom stereocenters. The zero-order chi connectivity index (χ0) is 19.4. The summed E-state index contributed by atoms with van der Waals surface area (Å²) in [5.41, 5.74) is 2.52. The molecule has 0 spiro atoms. The lowest BCUT2D eigenvalue weighted by molar-refractivity contribution is 0.102. The van der Waals surface area contributed by atoms with E-state index in [1.807, 2.05) is 32.0 Å². The van der Waals surface area contributed by atoms with Gasteiger partial charge in [0.1, 0.15) is 5.82 Å². The summed E-state index contributed by atoms with van der Waals surface area (Å²) in [6, 6.07) is 16.5. The molecule has 0 saturated heterocycles. The number of carbonyl (C=O) groups is 1. The molecule has 0 fully saturated rings. The van der Waals surface area contributed by atoms with E-state index in [1.54, 1.807) is 24.4 Å². The number of para-hydroxylation sites is 1. The summed E-state index contributed by atoms with van der Waals surface area (Å²) >= 11 is 0. The van der Waals surface area contributed by atoms with Crippen molar-refractivity contribution in [2.24, 2.45) is 0 Å². The van der Waals surface area contributed by atoms with Gasteiger partial charge in [0.15, 0.2) is 0 Å². The third-order valence-electron chi connectivity index (χ3n) is 4.06. The molecule has 3 rings (SSSR count). The first-order chi connectivity index (χ1) is 12.9. The minimum absolute atomic E-state index is 0.0799. The van der Waals surface area contributed by atoms with E-state index in [9.17, 15) is 13.2 Å². The number of benzene rings is 2. The van der Waals surface area contributed by atoms with Crippen LogP contribution in [0.25, 0.3) is 0 Å². The second-order valence-electron chi connectivity index (χ2n) is 6.07. The quantitative estimate of drug-likeness (QED) is 0.704. The molecule has 2 N–H and O–H groups in total. The molecule has 1 amide bonds. The van der Waals surface area contributed by atoms with Crippen molar-refractivity contribution in [2.75, 3.05) is 10.0 Å². The molecule has 138 valence electrons. The van der Waals surface area contributed by atoms with Crippen LogP contribution in [0.3, 0.4) is 0 Å². The molecule has 27 heavy (non-hydrogen) atoms. The Hall–Kier alpha value is -3.19. The van der Waals surface area contributed by atoms with Crippen molar-refractivity contribution in [3.05, 3.63) is 83.6 Å². The second-order valence-corrected chi connectivity index (χ2v) is 7.75. The molecule has 3 aromatic rings. The first kappa shape index (κ1) is 18.6. The Balaban J connectivity index is 1.77. The molecule has 0 aliphatic carbocycles. The van der Waals surface area contributed by atoms with Crippen LogP contribution in [0, 0.1) is 13.8 Å². The van der Waals surface area contributed by atoms with Gasteiger partial charge in [0, 0.05) is 11.8 Å². The average molecular weight is 381 g/mol. The Labute approximate surface area is 158 Å². The fourth-order valence-corrected chi connectivity index (χ4v) is 3.60. The second kappa shape index (κ2) is 7.59. The van der Waals surface area contributed by atoms with Gasteiger partial charge in [0.05, 0.1) is 10.6 Å². The highest BCUT2D eigenvalue weighted by atomic mass is 32.2. The third-order valence-corrected chi connectivity index (χ3v) is 5.44. The Morgan fingerprint density at radius 1 is 0.889 bits per heavy atom. The molecule has 0 aliphatic rings. The number of carbonyl (C=O) groups excluding carboxylic acids is 1. The van der Waals surface area contributed by atoms with E-state index in [0.717, 1.165) is 11.1 Å². The highest BCUT2D eigenvalue weighted by molar-refractivity contribution is 7.92. The number of anilines is 2. The number of aromatic nitrogens is 1. The molecular weight excluding hydrogens is 362 g/mol. The van der Waals surface area contributed by atoms with Gasteiger partial charge >= 0.3 is 0 Å². The summed E-state index contributed by atoms with van der Waals surface area (Å²) < 4.78 is 27.7. The Morgan fingerprint density at radius 2 is 1.56 bits per heavy atom. The summed E-state index contributed by atoms with van der Waals surface area (Å²) in [5.74, 6) is 0.119. The van der Waals surface area contributed by atoms with Gasteiger partial charge in [-0.25, -0.2) is 13.4 Å². The summed E-state index contributed by atoms with van der Waals surface area (Å²) in [4.78, 5) is 16.5. The van der Waals surface area contributed by atoms with E-state index in [1.165, 1.54) is 24.3 Å². The van der Waals surface area contributed by atoms with Crippen LogP contribution in [0.15, 0.2) is 71.8 Å². The van der Waals surface area contributed by atoms with Crippen LogP contribution < -0.4 is 10.0 Å². The lowest BCUT2D eigenvalue weighted by Crippen LogP contribution is -2.16. The monoisotopic (exact) mass is 381 g/mol. The number of hydrogen-bond acceptors (Lipinski definition) is 4. The van der Waals surface area contributed by atoms with E-state index in [4.69, 9.17) is 0 Å². The maximum Gasteiger partial charge on any atom is 0.261 e. The summed E-state index contributed by atoms with van der Waals surface area (Å²) in [6.45, 7) is 3.67. The van der Waals surface area contributed by atoms with Crippen LogP contribution in [-0.4, -0.2) is 19.3 Å². The lowest BCUT2D eigenvalue weighted by Gasteiger charge is -2.11. The molecule has 0 bridgehead atoms. The van der Waals surface area contributed by atoms with Gasteiger partial charge in [-0.3, -0.25) is 9.52 Å². The highest BCUT2D eigenvalue weighted by Gasteiger charge is 2.16. The van der Waals surface area contributed by atoms with E-state index in [2.05, 4.69) is 15.0 Å². The van der Waals surface area contributed by atoms with Crippen molar-refractivity contribution in [1.29, 1.82) is 0 Å². The highest BCUT2D eigenvalue weighted by Crippen LogP contribution is 2.20. The van der Waals surface area contributed by atoms with Crippen LogP contribution >= 0.6 is 0 Å². The van der Waals surface area contributed by atoms with E-state index < -0.39 is 10.0 Å². The van der Waals surface area contributed by atoms with Gasteiger partial charge in [0.25, 0.3) is 15.9 Å². The van der Waals surface area contributed by atoms with Crippen molar-refractivity contribution in [3.63, 3.8) is 0 Å². The fourth-order valence-electron chi connectivity index (χ4n) is 2.47. The van der Waals surface area contributed by atoms with Crippen molar-refractivity contribution in [1.82, 2.24) is 4.98 Å². The van der Waals surface area contributed by atoms with Crippen LogP contribution in [0.1, 0.15) is 21.5 Å². The average Bonchev–Trinajstić information content (AvgIpc) is 2.65. The molecule has 0 aliphatic heterocycles. The fraction of sp³-hybridized carbons (Fsp3) is 0.100. The van der Waals surface area contributed by atoms with E-state index in [0.29, 0.717) is 17.1 Å². The summed E-state index contributed by atoms with van der Waals surface area (Å²) in [7, 11) is -3.74. The Kier molecular flexibility index (Phi) is 5.23. The van der Waals surface area contributed by atoms with Gasteiger partial charge in [-0.1, -0.05) is 24.3 Å². The number of rotatable bonds is 5. The van der Waals surface area contributed by atoms with Crippen molar-refractivity contribution < 1.29 is 13.2 Å². The smallest absolute Gasteiger partial charge is 0.261 e.